The molecule has 1 aromatic heterocycles. The molecule has 3 rings (SSSR count). The van der Waals surface area contributed by atoms with Crippen molar-refractivity contribution in [3.05, 3.63) is 66.9 Å². The van der Waals surface area contributed by atoms with E-state index in [-0.39, 0.29) is 12.1 Å². The van der Waals surface area contributed by atoms with Crippen molar-refractivity contribution in [2.45, 2.75) is 32.5 Å². The molecule has 0 saturated heterocycles. The fourth-order valence-corrected chi connectivity index (χ4v) is 3.02. The van der Waals surface area contributed by atoms with Crippen LogP contribution in [0.2, 0.25) is 5.02 Å². The lowest BCUT2D eigenvalue weighted by atomic mass is 10.2. The van der Waals surface area contributed by atoms with Gasteiger partial charge in [0.1, 0.15) is 18.2 Å². The van der Waals surface area contributed by atoms with Gasteiger partial charge >= 0.3 is 5.69 Å². The average molecular weight is 359 g/mol. The van der Waals surface area contributed by atoms with Gasteiger partial charge in [0.2, 0.25) is 5.91 Å². The highest BCUT2D eigenvalue weighted by atomic mass is 35.5. The standard InChI is InChI=1S/C17H15ClN4O3/c18-12-5-3-11(4-6-12)9-20-15(23)10-22-16(24)13(8-19)14-2-1-7-21(14)17(22)25/h3-6H,1-2,7,9-10H2,(H,20,23). The van der Waals surface area contributed by atoms with E-state index in [0.717, 1.165) is 10.1 Å². The Hall–Kier alpha value is -2.85. The number of hydrogen-bond donors (Lipinski definition) is 1. The molecule has 25 heavy (non-hydrogen) atoms. The minimum Gasteiger partial charge on any atom is -0.350 e. The number of nitrogens with one attached hydrogen (secondary N) is 1. The van der Waals surface area contributed by atoms with Crippen LogP contribution in [0.4, 0.5) is 0 Å². The number of aromatic nitrogens is 2. The number of carbonyl (C=O) groups excluding carboxylic acids is 1. The molecule has 0 atom stereocenters. The fourth-order valence-electron chi connectivity index (χ4n) is 2.89. The molecule has 1 aliphatic heterocycles. The van der Waals surface area contributed by atoms with Crippen LogP contribution in [0.25, 0.3) is 0 Å². The second-order valence-electron chi connectivity index (χ2n) is 5.77. The summed E-state index contributed by atoms with van der Waals surface area (Å²) in [5.74, 6) is -0.475. The van der Waals surface area contributed by atoms with Crippen LogP contribution in [0, 0.1) is 11.3 Å². The molecule has 0 saturated carbocycles. The van der Waals surface area contributed by atoms with Gasteiger partial charge in [-0.2, -0.15) is 5.26 Å². The summed E-state index contributed by atoms with van der Waals surface area (Å²) >= 11 is 5.80. The lowest BCUT2D eigenvalue weighted by molar-refractivity contribution is -0.121. The Balaban J connectivity index is 1.80. The van der Waals surface area contributed by atoms with Gasteiger partial charge < -0.3 is 5.32 Å². The monoisotopic (exact) mass is 358 g/mol. The molecule has 2 aromatic rings. The van der Waals surface area contributed by atoms with E-state index in [1.807, 2.05) is 6.07 Å². The van der Waals surface area contributed by atoms with E-state index < -0.39 is 23.7 Å². The third-order valence-corrected chi connectivity index (χ3v) is 4.40. The van der Waals surface area contributed by atoms with E-state index in [0.29, 0.717) is 30.1 Å². The Kier molecular flexibility index (Phi) is 4.72. The Morgan fingerprint density at radius 2 is 2.00 bits per heavy atom. The predicted octanol–water partition coefficient (Wildman–Crippen LogP) is 0.798. The summed E-state index contributed by atoms with van der Waals surface area (Å²) in [6, 6.07) is 8.82. The fraction of sp³-hybridized carbons (Fsp3) is 0.294. The highest BCUT2D eigenvalue weighted by Crippen LogP contribution is 2.13. The number of fused-ring (bicyclic) bond motifs is 1. The van der Waals surface area contributed by atoms with Gasteiger partial charge in [0.15, 0.2) is 0 Å². The van der Waals surface area contributed by atoms with Gasteiger partial charge in [-0.05, 0) is 30.5 Å². The van der Waals surface area contributed by atoms with E-state index in [1.165, 1.54) is 4.57 Å². The van der Waals surface area contributed by atoms with E-state index in [4.69, 9.17) is 11.6 Å². The van der Waals surface area contributed by atoms with Gasteiger partial charge in [-0.25, -0.2) is 9.36 Å². The topological polar surface area (TPSA) is 96.9 Å². The molecule has 1 amide bonds. The van der Waals surface area contributed by atoms with E-state index in [9.17, 15) is 19.6 Å². The molecule has 0 bridgehead atoms. The third-order valence-electron chi connectivity index (χ3n) is 4.15. The summed E-state index contributed by atoms with van der Waals surface area (Å²) in [6.45, 7) is 0.290. The molecular weight excluding hydrogens is 344 g/mol. The minimum atomic E-state index is -0.706. The van der Waals surface area contributed by atoms with E-state index in [2.05, 4.69) is 5.32 Å². The largest absolute Gasteiger partial charge is 0.350 e. The maximum absolute atomic E-state index is 12.4. The number of rotatable bonds is 4. The molecule has 7 nitrogen and oxygen atoms in total. The van der Waals surface area contributed by atoms with Crippen LogP contribution in [-0.2, 0) is 30.8 Å². The zero-order valence-corrected chi connectivity index (χ0v) is 14.0. The van der Waals surface area contributed by atoms with Gasteiger partial charge in [-0.15, -0.1) is 0 Å². The first-order valence-corrected chi connectivity index (χ1v) is 8.17. The van der Waals surface area contributed by atoms with Crippen LogP contribution >= 0.6 is 11.6 Å². The van der Waals surface area contributed by atoms with Crippen molar-refractivity contribution in [3.63, 3.8) is 0 Å². The number of halogens is 1. The Morgan fingerprint density at radius 3 is 2.68 bits per heavy atom. The van der Waals surface area contributed by atoms with Crippen molar-refractivity contribution in [2.24, 2.45) is 0 Å². The van der Waals surface area contributed by atoms with Crippen LogP contribution < -0.4 is 16.6 Å². The molecule has 0 fully saturated rings. The van der Waals surface area contributed by atoms with Crippen molar-refractivity contribution in [3.8, 4) is 6.07 Å². The quantitative estimate of drug-likeness (QED) is 0.874. The molecule has 1 aliphatic rings. The Morgan fingerprint density at radius 1 is 1.28 bits per heavy atom. The van der Waals surface area contributed by atoms with Crippen molar-refractivity contribution in [2.75, 3.05) is 0 Å². The summed E-state index contributed by atoms with van der Waals surface area (Å²) in [6.07, 6.45) is 1.23. The molecule has 0 unspecified atom stereocenters. The Bertz CT molecular complexity index is 983. The smallest absolute Gasteiger partial charge is 0.331 e. The molecule has 2 heterocycles. The highest BCUT2D eigenvalue weighted by Gasteiger charge is 2.23. The third kappa shape index (κ3) is 3.35. The van der Waals surface area contributed by atoms with Crippen LogP contribution in [-0.4, -0.2) is 15.0 Å². The van der Waals surface area contributed by atoms with Gasteiger partial charge in [0.25, 0.3) is 5.56 Å². The molecular formula is C17H15ClN4O3. The van der Waals surface area contributed by atoms with Crippen molar-refractivity contribution < 1.29 is 4.79 Å². The number of nitrogens with zero attached hydrogens (tertiary/aromatic N) is 3. The van der Waals surface area contributed by atoms with Crippen LogP contribution in [0.1, 0.15) is 23.2 Å². The zero-order valence-electron chi connectivity index (χ0n) is 13.3. The molecule has 0 aliphatic carbocycles. The number of amides is 1. The SMILES string of the molecule is N#Cc1c2n(c(=O)n(CC(=O)NCc3ccc(Cl)cc3)c1=O)CCC2. The molecule has 0 spiro atoms. The molecule has 1 aromatic carbocycles. The Labute approximate surface area is 148 Å². The summed E-state index contributed by atoms with van der Waals surface area (Å²) in [7, 11) is 0. The van der Waals surface area contributed by atoms with Crippen molar-refractivity contribution >= 4 is 17.5 Å². The summed E-state index contributed by atoms with van der Waals surface area (Å²) in [5.41, 5.74) is 0.00634. The molecule has 128 valence electrons. The second kappa shape index (κ2) is 6.95. The van der Waals surface area contributed by atoms with Gasteiger partial charge in [0, 0.05) is 23.8 Å². The van der Waals surface area contributed by atoms with Crippen LogP contribution in [0.15, 0.2) is 33.9 Å². The number of hydrogen-bond acceptors (Lipinski definition) is 4. The zero-order chi connectivity index (χ0) is 18.0. The number of benzene rings is 1. The molecule has 1 N–H and O–H groups in total. The number of nitriles is 1. The first-order valence-electron chi connectivity index (χ1n) is 7.79. The van der Waals surface area contributed by atoms with E-state index in [1.54, 1.807) is 24.3 Å². The van der Waals surface area contributed by atoms with Crippen molar-refractivity contribution in [1.82, 2.24) is 14.5 Å². The maximum atomic E-state index is 12.4. The lowest BCUT2D eigenvalue weighted by Gasteiger charge is -2.11. The van der Waals surface area contributed by atoms with Crippen LogP contribution in [0.5, 0.6) is 0 Å². The maximum Gasteiger partial charge on any atom is 0.331 e. The van der Waals surface area contributed by atoms with Gasteiger partial charge in [0.05, 0.1) is 0 Å². The second-order valence-corrected chi connectivity index (χ2v) is 6.20. The first kappa shape index (κ1) is 17.0. The van der Waals surface area contributed by atoms with E-state index >= 15 is 0 Å². The number of carbonyl (C=O) groups is 1. The lowest BCUT2D eigenvalue weighted by Crippen LogP contribution is -2.45. The minimum absolute atomic E-state index is 0.0531. The van der Waals surface area contributed by atoms with Crippen molar-refractivity contribution in [1.29, 1.82) is 5.26 Å². The summed E-state index contributed by atoms with van der Waals surface area (Å²) in [4.78, 5) is 36.9. The molecule has 0 radical (unpaired) electrons. The highest BCUT2D eigenvalue weighted by molar-refractivity contribution is 6.30. The molecule has 8 heteroatoms. The average Bonchev–Trinajstić information content (AvgIpc) is 3.08. The summed E-state index contributed by atoms with van der Waals surface area (Å²) in [5, 5.41) is 12.5. The van der Waals surface area contributed by atoms with Crippen LogP contribution in [0.3, 0.4) is 0 Å². The van der Waals surface area contributed by atoms with Gasteiger partial charge in [-0.1, -0.05) is 23.7 Å². The normalized spacial score (nSPS) is 12.5. The predicted molar refractivity (Wildman–Crippen MR) is 91.3 cm³/mol. The van der Waals surface area contributed by atoms with Gasteiger partial charge in [-0.3, -0.25) is 14.2 Å². The summed E-state index contributed by atoms with van der Waals surface area (Å²) < 4.78 is 2.23. The first-order chi connectivity index (χ1) is 12.0.